The summed E-state index contributed by atoms with van der Waals surface area (Å²) in [4.78, 5) is 14.1. The highest BCUT2D eigenvalue weighted by atomic mass is 19.1. The fourth-order valence-corrected chi connectivity index (χ4v) is 2.91. The van der Waals surface area contributed by atoms with Gasteiger partial charge in [0.2, 0.25) is 0 Å². The monoisotopic (exact) mass is 311 g/mol. The second kappa shape index (κ2) is 5.52. The normalized spacial score (nSPS) is 21.0. The van der Waals surface area contributed by atoms with E-state index in [2.05, 4.69) is 0 Å². The highest BCUT2D eigenvalue weighted by Crippen LogP contribution is 2.44. The van der Waals surface area contributed by atoms with E-state index >= 15 is 0 Å². The van der Waals surface area contributed by atoms with Crippen LogP contribution in [0.2, 0.25) is 0 Å². The predicted molar refractivity (Wildman–Crippen MR) is 80.5 cm³/mol. The number of rotatable bonds is 1. The van der Waals surface area contributed by atoms with Gasteiger partial charge in [-0.25, -0.2) is 13.6 Å². The van der Waals surface area contributed by atoms with Gasteiger partial charge in [0.1, 0.15) is 17.2 Å². The van der Waals surface area contributed by atoms with Crippen LogP contribution < -0.4 is 0 Å². The third-order valence-electron chi connectivity index (χ3n) is 3.90. The Morgan fingerprint density at radius 1 is 1.32 bits per heavy atom. The van der Waals surface area contributed by atoms with Crippen molar-refractivity contribution in [2.24, 2.45) is 0 Å². The summed E-state index contributed by atoms with van der Waals surface area (Å²) in [6.45, 7) is 9.17. The van der Waals surface area contributed by atoms with Crippen LogP contribution in [-0.2, 0) is 4.74 Å². The van der Waals surface area contributed by atoms with Gasteiger partial charge in [0.05, 0.1) is 6.04 Å². The third-order valence-corrected chi connectivity index (χ3v) is 3.90. The summed E-state index contributed by atoms with van der Waals surface area (Å²) in [6.07, 6.45) is 0.781. The Hall–Kier alpha value is -1.65. The molecule has 3 nitrogen and oxygen atoms in total. The summed E-state index contributed by atoms with van der Waals surface area (Å²) in [6, 6.07) is 2.83. The van der Waals surface area contributed by atoms with Crippen molar-refractivity contribution in [3.05, 3.63) is 35.4 Å². The Labute approximate surface area is 130 Å². The van der Waals surface area contributed by atoms with E-state index in [0.29, 0.717) is 12.8 Å². The molecule has 22 heavy (non-hydrogen) atoms. The molecule has 0 spiro atoms. The molecule has 1 heterocycles. The van der Waals surface area contributed by atoms with Gasteiger partial charge in [0.25, 0.3) is 0 Å². The van der Waals surface area contributed by atoms with Crippen molar-refractivity contribution in [1.29, 1.82) is 0 Å². The molecule has 1 saturated heterocycles. The van der Waals surface area contributed by atoms with Gasteiger partial charge in [-0.15, -0.1) is 0 Å². The Morgan fingerprint density at radius 3 is 2.55 bits per heavy atom. The lowest BCUT2D eigenvalue weighted by Crippen LogP contribution is -2.46. The topological polar surface area (TPSA) is 29.5 Å². The molecular formula is C17H23F2NO2. The van der Waals surface area contributed by atoms with Gasteiger partial charge in [0, 0.05) is 11.1 Å². The molecule has 0 radical (unpaired) electrons. The Bertz CT molecular complexity index is 579. The van der Waals surface area contributed by atoms with E-state index in [1.165, 1.54) is 11.0 Å². The van der Waals surface area contributed by atoms with Crippen molar-refractivity contribution in [2.75, 3.05) is 0 Å². The number of amides is 1. The van der Waals surface area contributed by atoms with Crippen LogP contribution in [0.25, 0.3) is 0 Å². The highest BCUT2D eigenvalue weighted by Gasteiger charge is 2.45. The first kappa shape index (κ1) is 16.7. The van der Waals surface area contributed by atoms with Crippen molar-refractivity contribution >= 4 is 6.09 Å². The fraction of sp³-hybridized carbons (Fsp3) is 0.588. The van der Waals surface area contributed by atoms with Gasteiger partial charge in [-0.2, -0.15) is 0 Å². The standard InChI is InChI=1S/C17H23F2NO2/c1-16(2,3)22-15(21)20-14(8-9-17(20,4)5)12-10-11(18)6-7-13(12)19/h6-7,10,14H,8-9H2,1-5H3. The van der Waals surface area contributed by atoms with Crippen LogP contribution in [0, 0.1) is 11.6 Å². The number of benzene rings is 1. The zero-order valence-corrected chi connectivity index (χ0v) is 13.7. The van der Waals surface area contributed by atoms with Gasteiger partial charge < -0.3 is 4.74 Å². The van der Waals surface area contributed by atoms with E-state index in [4.69, 9.17) is 4.74 Å². The van der Waals surface area contributed by atoms with Crippen molar-refractivity contribution in [3.63, 3.8) is 0 Å². The second-order valence-corrected chi connectivity index (χ2v) is 7.38. The molecule has 1 aliphatic heterocycles. The SMILES string of the molecule is CC(C)(C)OC(=O)N1C(c2cc(F)ccc2F)CCC1(C)C. The largest absolute Gasteiger partial charge is 0.444 e. The maximum atomic E-state index is 14.1. The molecule has 2 rings (SSSR count). The van der Waals surface area contributed by atoms with Gasteiger partial charge in [0.15, 0.2) is 0 Å². The zero-order chi connectivity index (χ0) is 16.7. The fourth-order valence-electron chi connectivity index (χ4n) is 2.91. The minimum absolute atomic E-state index is 0.205. The van der Waals surface area contributed by atoms with E-state index in [9.17, 15) is 13.6 Å². The summed E-state index contributed by atoms with van der Waals surface area (Å²) < 4.78 is 33.0. The molecule has 1 aromatic carbocycles. The molecule has 1 atom stereocenters. The Kier molecular flexibility index (Phi) is 4.20. The molecule has 122 valence electrons. The summed E-state index contributed by atoms with van der Waals surface area (Å²) >= 11 is 0. The molecule has 1 amide bonds. The summed E-state index contributed by atoms with van der Waals surface area (Å²) in [7, 11) is 0. The number of ether oxygens (including phenoxy) is 1. The molecule has 5 heteroatoms. The minimum atomic E-state index is -0.638. The number of hydrogen-bond acceptors (Lipinski definition) is 2. The van der Waals surface area contributed by atoms with E-state index in [1.807, 2.05) is 13.8 Å². The van der Waals surface area contributed by atoms with Crippen LogP contribution in [0.1, 0.15) is 59.1 Å². The van der Waals surface area contributed by atoms with Crippen LogP contribution in [0.4, 0.5) is 13.6 Å². The molecule has 0 bridgehead atoms. The van der Waals surface area contributed by atoms with E-state index in [1.54, 1.807) is 20.8 Å². The van der Waals surface area contributed by atoms with Gasteiger partial charge in [-0.05, 0) is 65.7 Å². The Morgan fingerprint density at radius 2 is 1.95 bits per heavy atom. The number of nitrogens with zero attached hydrogens (tertiary/aromatic N) is 1. The van der Waals surface area contributed by atoms with Crippen molar-refractivity contribution in [1.82, 2.24) is 4.90 Å². The number of hydrogen-bond donors (Lipinski definition) is 0. The summed E-state index contributed by atoms with van der Waals surface area (Å²) in [5.74, 6) is -1.01. The highest BCUT2D eigenvalue weighted by molar-refractivity contribution is 5.70. The zero-order valence-electron chi connectivity index (χ0n) is 13.7. The summed E-state index contributed by atoms with van der Waals surface area (Å²) in [5.41, 5.74) is -0.900. The van der Waals surface area contributed by atoms with Crippen LogP contribution in [0.5, 0.6) is 0 Å². The maximum absolute atomic E-state index is 14.1. The molecular weight excluding hydrogens is 288 g/mol. The lowest BCUT2D eigenvalue weighted by atomic mass is 10.0. The maximum Gasteiger partial charge on any atom is 0.411 e. The average molecular weight is 311 g/mol. The predicted octanol–water partition coefficient (Wildman–Crippen LogP) is 4.82. The first-order valence-corrected chi connectivity index (χ1v) is 7.48. The molecule has 1 aromatic rings. The van der Waals surface area contributed by atoms with Crippen molar-refractivity contribution in [3.8, 4) is 0 Å². The van der Waals surface area contributed by atoms with Gasteiger partial charge in [-0.3, -0.25) is 4.90 Å². The average Bonchev–Trinajstić information content (AvgIpc) is 2.66. The molecule has 0 aromatic heterocycles. The molecule has 1 unspecified atom stereocenters. The number of halogens is 2. The third kappa shape index (κ3) is 3.39. The Balaban J connectivity index is 2.38. The van der Waals surface area contributed by atoms with Gasteiger partial charge in [-0.1, -0.05) is 0 Å². The first-order valence-electron chi connectivity index (χ1n) is 7.48. The van der Waals surface area contributed by atoms with E-state index in [0.717, 1.165) is 12.1 Å². The molecule has 0 aliphatic carbocycles. The molecule has 0 N–H and O–H groups in total. The minimum Gasteiger partial charge on any atom is -0.444 e. The smallest absolute Gasteiger partial charge is 0.411 e. The van der Waals surface area contributed by atoms with E-state index < -0.39 is 34.9 Å². The first-order chi connectivity index (χ1) is 10.0. The lowest BCUT2D eigenvalue weighted by molar-refractivity contribution is 0.00320. The molecule has 1 fully saturated rings. The van der Waals surface area contributed by atoms with Gasteiger partial charge >= 0.3 is 6.09 Å². The van der Waals surface area contributed by atoms with Crippen LogP contribution in [0.15, 0.2) is 18.2 Å². The van der Waals surface area contributed by atoms with Crippen molar-refractivity contribution in [2.45, 2.75) is 64.6 Å². The molecule has 0 saturated carbocycles. The number of likely N-dealkylation sites (tertiary alicyclic amines) is 1. The quantitative estimate of drug-likeness (QED) is 0.744. The summed E-state index contributed by atoms with van der Waals surface area (Å²) in [5, 5.41) is 0. The lowest BCUT2D eigenvalue weighted by Gasteiger charge is -2.37. The van der Waals surface area contributed by atoms with E-state index in [-0.39, 0.29) is 5.56 Å². The van der Waals surface area contributed by atoms with Crippen LogP contribution >= 0.6 is 0 Å². The van der Waals surface area contributed by atoms with Crippen LogP contribution in [0.3, 0.4) is 0 Å². The number of carbonyl (C=O) groups excluding carboxylic acids is 1. The van der Waals surface area contributed by atoms with Crippen LogP contribution in [-0.4, -0.2) is 22.1 Å². The second-order valence-electron chi connectivity index (χ2n) is 7.38. The molecule has 1 aliphatic rings. The van der Waals surface area contributed by atoms with Crippen molar-refractivity contribution < 1.29 is 18.3 Å². The number of carbonyl (C=O) groups is 1.